The summed E-state index contributed by atoms with van der Waals surface area (Å²) >= 11 is 0. The topological polar surface area (TPSA) is 59.4 Å². The lowest BCUT2D eigenvalue weighted by atomic mass is 10.1. The number of aromatic nitrogens is 2. The number of H-pyrrole nitrogens is 1. The Balaban J connectivity index is 1.90. The summed E-state index contributed by atoms with van der Waals surface area (Å²) < 4.78 is 19.6. The van der Waals surface area contributed by atoms with E-state index in [-0.39, 0.29) is 11.4 Å². The van der Waals surface area contributed by atoms with Crippen molar-refractivity contribution in [3.05, 3.63) is 81.5 Å². The van der Waals surface area contributed by atoms with Crippen LogP contribution in [0, 0.1) is 12.7 Å². The molecule has 134 valence electrons. The maximum atomic E-state index is 13.0. The zero-order chi connectivity index (χ0) is 18.7. The third kappa shape index (κ3) is 3.59. The van der Waals surface area contributed by atoms with E-state index in [1.165, 1.54) is 16.8 Å². The second kappa shape index (κ2) is 7.39. The number of hydrogen-bond donors (Lipinski definition) is 1. The summed E-state index contributed by atoms with van der Waals surface area (Å²) in [6.07, 6.45) is 0. The van der Waals surface area contributed by atoms with Crippen LogP contribution in [0.3, 0.4) is 0 Å². The molecule has 0 saturated heterocycles. The quantitative estimate of drug-likeness (QED) is 0.712. The van der Waals surface area contributed by atoms with E-state index in [1.54, 1.807) is 38.3 Å². The molecule has 0 aliphatic rings. The van der Waals surface area contributed by atoms with Gasteiger partial charge in [-0.2, -0.15) is 0 Å². The summed E-state index contributed by atoms with van der Waals surface area (Å²) in [5.74, 6) is 0.445. The van der Waals surface area contributed by atoms with Crippen molar-refractivity contribution in [2.24, 2.45) is 4.99 Å². The van der Waals surface area contributed by atoms with E-state index >= 15 is 0 Å². The van der Waals surface area contributed by atoms with E-state index < -0.39 is 0 Å². The normalized spacial score (nSPS) is 11.6. The standard InChI is InChI=1S/C20H20FN3O2/c1-13(22-12-15-4-6-16(21)7-5-15)19-14(2)23-24(20(19)25)17-8-10-18(26-3)11-9-17/h4-11,23H,12H2,1-3H3. The molecule has 0 amide bonds. The Morgan fingerprint density at radius 1 is 1.15 bits per heavy atom. The maximum absolute atomic E-state index is 13.0. The van der Waals surface area contributed by atoms with Gasteiger partial charge >= 0.3 is 0 Å². The largest absolute Gasteiger partial charge is 0.497 e. The molecule has 0 spiro atoms. The lowest BCUT2D eigenvalue weighted by Gasteiger charge is -2.03. The summed E-state index contributed by atoms with van der Waals surface area (Å²) in [6.45, 7) is 4.03. The zero-order valence-electron chi connectivity index (χ0n) is 14.9. The minimum Gasteiger partial charge on any atom is -0.497 e. The van der Waals surface area contributed by atoms with Crippen LogP contribution in [0.15, 0.2) is 58.3 Å². The molecule has 0 bridgehead atoms. The molecule has 5 nitrogen and oxygen atoms in total. The third-order valence-corrected chi connectivity index (χ3v) is 4.18. The first-order valence-electron chi connectivity index (χ1n) is 8.21. The van der Waals surface area contributed by atoms with Crippen LogP contribution in [-0.2, 0) is 6.54 Å². The van der Waals surface area contributed by atoms with Crippen molar-refractivity contribution in [3.63, 3.8) is 0 Å². The molecule has 0 saturated carbocycles. The van der Waals surface area contributed by atoms with Crippen LogP contribution in [0.25, 0.3) is 5.69 Å². The van der Waals surface area contributed by atoms with Gasteiger partial charge in [-0.15, -0.1) is 0 Å². The van der Waals surface area contributed by atoms with Crippen LogP contribution in [-0.4, -0.2) is 22.6 Å². The van der Waals surface area contributed by atoms with Crippen LogP contribution in [0.5, 0.6) is 5.75 Å². The SMILES string of the molecule is COc1ccc(-n2[nH]c(C)c(C(C)=NCc3ccc(F)cc3)c2=O)cc1. The smallest absolute Gasteiger partial charge is 0.280 e. The van der Waals surface area contributed by atoms with Crippen molar-refractivity contribution in [2.45, 2.75) is 20.4 Å². The summed E-state index contributed by atoms with van der Waals surface area (Å²) in [7, 11) is 1.60. The number of ether oxygens (including phenoxy) is 1. The second-order valence-corrected chi connectivity index (χ2v) is 5.98. The summed E-state index contributed by atoms with van der Waals surface area (Å²) in [4.78, 5) is 17.3. The van der Waals surface area contributed by atoms with Gasteiger partial charge in [0.15, 0.2) is 0 Å². The molecule has 0 unspecified atom stereocenters. The number of nitrogens with one attached hydrogen (secondary N) is 1. The molecule has 2 aromatic carbocycles. The predicted octanol–water partition coefficient (Wildman–Crippen LogP) is 3.63. The van der Waals surface area contributed by atoms with Gasteiger partial charge in [-0.05, 0) is 55.8 Å². The van der Waals surface area contributed by atoms with Gasteiger partial charge in [0.25, 0.3) is 5.56 Å². The Morgan fingerprint density at radius 3 is 2.42 bits per heavy atom. The predicted molar refractivity (Wildman–Crippen MR) is 100.0 cm³/mol. The fourth-order valence-electron chi connectivity index (χ4n) is 2.76. The molecule has 26 heavy (non-hydrogen) atoms. The van der Waals surface area contributed by atoms with E-state index in [4.69, 9.17) is 4.74 Å². The summed E-state index contributed by atoms with van der Waals surface area (Å²) in [6, 6.07) is 13.4. The number of nitrogens with zero attached hydrogens (tertiary/aromatic N) is 2. The van der Waals surface area contributed by atoms with E-state index in [9.17, 15) is 9.18 Å². The maximum Gasteiger partial charge on any atom is 0.280 e. The third-order valence-electron chi connectivity index (χ3n) is 4.18. The molecule has 3 aromatic rings. The van der Waals surface area contributed by atoms with Crippen LogP contribution in [0.2, 0.25) is 0 Å². The van der Waals surface area contributed by atoms with Crippen molar-refractivity contribution in [2.75, 3.05) is 7.11 Å². The number of hydrogen-bond acceptors (Lipinski definition) is 3. The summed E-state index contributed by atoms with van der Waals surface area (Å²) in [5.41, 5.74) is 3.37. The lowest BCUT2D eigenvalue weighted by Crippen LogP contribution is -2.19. The Bertz CT molecular complexity index is 983. The van der Waals surface area contributed by atoms with E-state index in [0.717, 1.165) is 22.7 Å². The first-order chi connectivity index (χ1) is 12.5. The first kappa shape index (κ1) is 17.7. The average Bonchev–Trinajstić information content (AvgIpc) is 2.95. The van der Waals surface area contributed by atoms with Crippen molar-refractivity contribution in [3.8, 4) is 11.4 Å². The Hall–Kier alpha value is -3.15. The van der Waals surface area contributed by atoms with Gasteiger partial charge < -0.3 is 4.74 Å². The summed E-state index contributed by atoms with van der Waals surface area (Å²) in [5, 5.41) is 3.09. The number of benzene rings is 2. The van der Waals surface area contributed by atoms with Gasteiger partial charge in [-0.25, -0.2) is 9.07 Å². The van der Waals surface area contributed by atoms with Crippen LogP contribution >= 0.6 is 0 Å². The number of aromatic amines is 1. The zero-order valence-corrected chi connectivity index (χ0v) is 14.9. The highest BCUT2D eigenvalue weighted by molar-refractivity contribution is 5.99. The molecular weight excluding hydrogens is 333 g/mol. The highest BCUT2D eigenvalue weighted by atomic mass is 19.1. The van der Waals surface area contributed by atoms with Crippen molar-refractivity contribution >= 4 is 5.71 Å². The van der Waals surface area contributed by atoms with Gasteiger partial charge in [0.2, 0.25) is 0 Å². The molecule has 0 radical (unpaired) electrons. The molecule has 6 heteroatoms. The monoisotopic (exact) mass is 353 g/mol. The van der Waals surface area contributed by atoms with Gasteiger partial charge in [0, 0.05) is 11.4 Å². The number of aryl methyl sites for hydroxylation is 1. The van der Waals surface area contributed by atoms with Crippen molar-refractivity contribution in [1.29, 1.82) is 0 Å². The fraction of sp³-hybridized carbons (Fsp3) is 0.200. The molecule has 0 aliphatic carbocycles. The van der Waals surface area contributed by atoms with Gasteiger partial charge in [-0.1, -0.05) is 12.1 Å². The number of methoxy groups -OCH3 is 1. The number of rotatable bonds is 5. The fourth-order valence-corrected chi connectivity index (χ4v) is 2.76. The highest BCUT2D eigenvalue weighted by Crippen LogP contribution is 2.14. The molecule has 0 aliphatic heterocycles. The molecule has 1 aromatic heterocycles. The molecular formula is C20H20FN3O2. The first-order valence-corrected chi connectivity index (χ1v) is 8.21. The average molecular weight is 353 g/mol. The number of aliphatic imine (C=N–C) groups is 1. The molecule has 0 atom stereocenters. The van der Waals surface area contributed by atoms with Crippen molar-refractivity contribution in [1.82, 2.24) is 9.78 Å². The van der Waals surface area contributed by atoms with Crippen LogP contribution in [0.4, 0.5) is 4.39 Å². The van der Waals surface area contributed by atoms with Crippen LogP contribution in [0.1, 0.15) is 23.7 Å². The molecule has 1 heterocycles. The lowest BCUT2D eigenvalue weighted by molar-refractivity contribution is 0.414. The van der Waals surface area contributed by atoms with Gasteiger partial charge in [-0.3, -0.25) is 14.9 Å². The van der Waals surface area contributed by atoms with Gasteiger partial charge in [0.05, 0.1) is 24.9 Å². The molecule has 0 fully saturated rings. The second-order valence-electron chi connectivity index (χ2n) is 5.98. The van der Waals surface area contributed by atoms with E-state index in [1.807, 2.05) is 19.1 Å². The van der Waals surface area contributed by atoms with Gasteiger partial charge in [0.1, 0.15) is 11.6 Å². The Labute approximate surface area is 150 Å². The van der Waals surface area contributed by atoms with Crippen LogP contribution < -0.4 is 10.3 Å². The Kier molecular flexibility index (Phi) is 5.02. The highest BCUT2D eigenvalue weighted by Gasteiger charge is 2.15. The van der Waals surface area contributed by atoms with Crippen molar-refractivity contribution < 1.29 is 9.13 Å². The number of halogens is 1. The molecule has 1 N–H and O–H groups in total. The van der Waals surface area contributed by atoms with E-state index in [0.29, 0.717) is 17.8 Å². The minimum absolute atomic E-state index is 0.159. The minimum atomic E-state index is -0.279. The molecule has 3 rings (SSSR count). The Morgan fingerprint density at radius 2 is 1.81 bits per heavy atom. The van der Waals surface area contributed by atoms with E-state index in [2.05, 4.69) is 10.1 Å².